The van der Waals surface area contributed by atoms with E-state index >= 15 is 0 Å². The number of hydrogen-bond donors (Lipinski definition) is 1. The van der Waals surface area contributed by atoms with Gasteiger partial charge < -0.3 is 19.5 Å². The van der Waals surface area contributed by atoms with Crippen LogP contribution in [0.4, 0.5) is 10.9 Å². The predicted octanol–water partition coefficient (Wildman–Crippen LogP) is 4.71. The van der Waals surface area contributed by atoms with Crippen LogP contribution in [0.1, 0.15) is 35.8 Å². The molecule has 2 aliphatic rings. The van der Waals surface area contributed by atoms with E-state index < -0.39 is 0 Å². The highest BCUT2D eigenvalue weighted by Crippen LogP contribution is 2.40. The van der Waals surface area contributed by atoms with Crippen LogP contribution in [0, 0.1) is 6.92 Å². The zero-order valence-electron chi connectivity index (χ0n) is 17.8. The first-order valence-electron chi connectivity index (χ1n) is 10.6. The van der Waals surface area contributed by atoms with Crippen molar-refractivity contribution >= 4 is 22.3 Å². The first-order chi connectivity index (χ1) is 15.2. The number of thiazole rings is 1. The Balaban J connectivity index is 1.36. The molecule has 2 aliphatic heterocycles. The Morgan fingerprint density at radius 3 is 2.81 bits per heavy atom. The number of nitrogens with one attached hydrogen (secondary N) is 1. The molecule has 31 heavy (non-hydrogen) atoms. The maximum Gasteiger partial charge on any atom is 0.188 e. The zero-order valence-corrected chi connectivity index (χ0v) is 18.6. The van der Waals surface area contributed by atoms with Gasteiger partial charge in [-0.2, -0.15) is 0 Å². The lowest BCUT2D eigenvalue weighted by molar-refractivity contribution is 0.169. The van der Waals surface area contributed by atoms with Gasteiger partial charge in [-0.25, -0.2) is 9.97 Å². The van der Waals surface area contributed by atoms with Gasteiger partial charge in [0.2, 0.25) is 0 Å². The molecule has 5 rings (SSSR count). The van der Waals surface area contributed by atoms with Gasteiger partial charge in [-0.15, -0.1) is 11.3 Å². The van der Waals surface area contributed by atoms with Crippen LogP contribution >= 0.6 is 11.3 Å². The van der Waals surface area contributed by atoms with E-state index in [1.165, 1.54) is 0 Å². The van der Waals surface area contributed by atoms with Crippen molar-refractivity contribution in [2.24, 2.45) is 0 Å². The van der Waals surface area contributed by atoms with E-state index in [1.54, 1.807) is 18.4 Å². The van der Waals surface area contributed by atoms with Crippen molar-refractivity contribution in [1.29, 1.82) is 0 Å². The van der Waals surface area contributed by atoms with E-state index in [0.717, 1.165) is 71.1 Å². The van der Waals surface area contributed by atoms with Crippen LogP contribution in [-0.2, 0) is 6.54 Å². The summed E-state index contributed by atoms with van der Waals surface area (Å²) < 4.78 is 17.2. The number of ether oxygens (including phenoxy) is 3. The Hall–Kier alpha value is -2.84. The van der Waals surface area contributed by atoms with Crippen LogP contribution in [-0.4, -0.2) is 41.7 Å². The number of aryl methyl sites for hydroxylation is 1. The molecular weight excluding hydrogens is 412 g/mol. The molecule has 0 amide bonds. The van der Waals surface area contributed by atoms with Crippen LogP contribution in [0.2, 0.25) is 0 Å². The molecule has 1 fully saturated rings. The van der Waals surface area contributed by atoms with Crippen molar-refractivity contribution in [2.45, 2.75) is 32.4 Å². The molecule has 162 valence electrons. The Labute approximate surface area is 186 Å². The lowest BCUT2D eigenvalue weighted by Crippen LogP contribution is -2.24. The molecule has 0 aliphatic carbocycles. The summed E-state index contributed by atoms with van der Waals surface area (Å²) in [4.78, 5) is 11.8. The summed E-state index contributed by atoms with van der Waals surface area (Å²) in [6.07, 6.45) is 2.22. The molecule has 1 N–H and O–H groups in total. The second-order valence-corrected chi connectivity index (χ2v) is 8.66. The largest absolute Gasteiger partial charge is 0.496 e. The summed E-state index contributed by atoms with van der Waals surface area (Å²) in [6, 6.07) is 10.4. The molecule has 0 radical (unpaired) electrons. The molecule has 3 aromatic rings. The summed E-state index contributed by atoms with van der Waals surface area (Å²) in [5.74, 6) is 3.21. The molecule has 2 aromatic heterocycles. The monoisotopic (exact) mass is 438 g/mol. The van der Waals surface area contributed by atoms with E-state index in [-0.39, 0.29) is 6.04 Å². The average molecular weight is 439 g/mol. The van der Waals surface area contributed by atoms with Gasteiger partial charge in [0.1, 0.15) is 24.8 Å². The van der Waals surface area contributed by atoms with Crippen LogP contribution < -0.4 is 19.5 Å². The van der Waals surface area contributed by atoms with Crippen molar-refractivity contribution < 1.29 is 14.2 Å². The third kappa shape index (κ3) is 4.31. The van der Waals surface area contributed by atoms with Gasteiger partial charge >= 0.3 is 0 Å². The number of nitrogens with zero attached hydrogens (tertiary/aromatic N) is 3. The van der Waals surface area contributed by atoms with Crippen LogP contribution in [0.25, 0.3) is 0 Å². The fourth-order valence-corrected chi connectivity index (χ4v) is 4.92. The number of hydrogen-bond acceptors (Lipinski definition) is 8. The number of pyridine rings is 1. The molecule has 8 heteroatoms. The molecule has 7 nitrogen and oxygen atoms in total. The highest BCUT2D eigenvalue weighted by Gasteiger charge is 2.29. The second-order valence-electron chi connectivity index (χ2n) is 7.80. The van der Waals surface area contributed by atoms with Crippen molar-refractivity contribution in [3.8, 4) is 17.2 Å². The number of likely N-dealkylation sites (tertiary alicyclic amines) is 1. The summed E-state index contributed by atoms with van der Waals surface area (Å²) in [5.41, 5.74) is 3.19. The molecule has 1 atom stereocenters. The van der Waals surface area contributed by atoms with Crippen LogP contribution in [0.5, 0.6) is 17.2 Å². The van der Waals surface area contributed by atoms with Gasteiger partial charge in [0, 0.05) is 23.6 Å². The quantitative estimate of drug-likeness (QED) is 0.598. The maximum absolute atomic E-state index is 5.79. The van der Waals surface area contributed by atoms with E-state index in [2.05, 4.69) is 33.4 Å². The molecular formula is C23H26N4O3S. The summed E-state index contributed by atoms with van der Waals surface area (Å²) in [6.45, 7) is 4.94. The van der Waals surface area contributed by atoms with E-state index in [0.29, 0.717) is 13.2 Å². The van der Waals surface area contributed by atoms with Crippen molar-refractivity contribution in [1.82, 2.24) is 14.9 Å². The number of aromatic nitrogens is 2. The lowest BCUT2D eigenvalue weighted by Gasteiger charge is -2.26. The highest BCUT2D eigenvalue weighted by atomic mass is 32.1. The molecule has 0 spiro atoms. The van der Waals surface area contributed by atoms with Crippen molar-refractivity contribution in [3.63, 3.8) is 0 Å². The molecule has 0 bridgehead atoms. The predicted molar refractivity (Wildman–Crippen MR) is 121 cm³/mol. The molecule has 1 aromatic carbocycles. The van der Waals surface area contributed by atoms with E-state index in [9.17, 15) is 0 Å². The number of fused-ring (bicyclic) bond motifs is 1. The highest BCUT2D eigenvalue weighted by molar-refractivity contribution is 7.13. The van der Waals surface area contributed by atoms with Crippen molar-refractivity contribution in [3.05, 3.63) is 52.7 Å². The van der Waals surface area contributed by atoms with E-state index in [4.69, 9.17) is 19.2 Å². The lowest BCUT2D eigenvalue weighted by atomic mass is 10.1. The van der Waals surface area contributed by atoms with Crippen LogP contribution in [0.3, 0.4) is 0 Å². The minimum Gasteiger partial charge on any atom is -0.496 e. The molecule has 0 saturated carbocycles. The van der Waals surface area contributed by atoms with Crippen molar-refractivity contribution in [2.75, 3.05) is 32.2 Å². The van der Waals surface area contributed by atoms with Gasteiger partial charge in [-0.1, -0.05) is 6.07 Å². The van der Waals surface area contributed by atoms with Crippen LogP contribution in [0.15, 0.2) is 35.7 Å². The topological polar surface area (TPSA) is 68.7 Å². The standard InChI is InChI=1S/C23H26N4O3S/c1-15-14-31-23(24-15)26-22-7-3-5-17(25-22)18-6-4-8-27(18)13-16-11-20-21(12-19(16)28-2)30-10-9-29-20/h3,5,7,11-12,14,18H,4,6,8-10,13H2,1-2H3,(H,24,25,26)/t18-/m1/s1. The minimum atomic E-state index is 0.262. The number of anilines is 2. The Morgan fingerprint density at radius 1 is 1.19 bits per heavy atom. The van der Waals surface area contributed by atoms with Gasteiger partial charge in [0.25, 0.3) is 0 Å². The Bertz CT molecular complexity index is 1070. The molecule has 1 saturated heterocycles. The van der Waals surface area contributed by atoms with Gasteiger partial charge in [0.15, 0.2) is 16.6 Å². The average Bonchev–Trinajstić information content (AvgIpc) is 3.42. The maximum atomic E-state index is 5.79. The minimum absolute atomic E-state index is 0.262. The van der Waals surface area contributed by atoms with Gasteiger partial charge in [-0.3, -0.25) is 4.90 Å². The van der Waals surface area contributed by atoms with Gasteiger partial charge in [-0.05, 0) is 44.5 Å². The summed E-state index contributed by atoms with van der Waals surface area (Å²) in [7, 11) is 1.70. The number of rotatable bonds is 6. The second kappa shape index (κ2) is 8.72. The molecule has 0 unspecified atom stereocenters. The molecule has 4 heterocycles. The zero-order chi connectivity index (χ0) is 21.2. The smallest absolute Gasteiger partial charge is 0.188 e. The summed E-state index contributed by atoms with van der Waals surface area (Å²) >= 11 is 1.59. The first kappa shape index (κ1) is 20.1. The van der Waals surface area contributed by atoms with Gasteiger partial charge in [0.05, 0.1) is 24.5 Å². The summed E-state index contributed by atoms with van der Waals surface area (Å²) in [5, 5.41) is 6.23. The number of benzene rings is 1. The van der Waals surface area contributed by atoms with E-state index in [1.807, 2.05) is 24.4 Å². The normalized spacial score (nSPS) is 18.2. The number of methoxy groups -OCH3 is 1. The Morgan fingerprint density at radius 2 is 2.03 bits per heavy atom. The third-order valence-electron chi connectivity index (χ3n) is 5.65. The third-order valence-corrected chi connectivity index (χ3v) is 6.52. The Kier molecular flexibility index (Phi) is 5.65. The fraction of sp³-hybridized carbons (Fsp3) is 0.391. The first-order valence-corrected chi connectivity index (χ1v) is 11.4. The fourth-order valence-electron chi connectivity index (χ4n) is 4.22. The SMILES string of the molecule is COc1cc2c(cc1CN1CCC[C@@H]1c1cccc(Nc3nc(C)cs3)n1)OCCO2.